The van der Waals surface area contributed by atoms with Crippen LogP contribution in [0.25, 0.3) is 0 Å². The topological polar surface area (TPSA) is 21.3 Å². The van der Waals surface area contributed by atoms with E-state index in [1.807, 2.05) is 6.07 Å². The lowest BCUT2D eigenvalue weighted by Crippen LogP contribution is -2.14. The number of nitrogens with one attached hydrogen (secondary N) is 1. The molecule has 1 N–H and O–H groups in total. The summed E-state index contributed by atoms with van der Waals surface area (Å²) in [5.74, 6) is 0.767. The lowest BCUT2D eigenvalue weighted by molar-refractivity contribution is 0.200. The Labute approximate surface area is 113 Å². The first-order chi connectivity index (χ1) is 8.79. The maximum atomic E-state index is 13.8. The molecule has 1 aromatic rings. The van der Waals surface area contributed by atoms with Crippen LogP contribution in [-0.4, -0.2) is 26.0 Å². The maximum Gasteiger partial charge on any atom is 0.137 e. The van der Waals surface area contributed by atoms with E-state index in [0.717, 1.165) is 48.7 Å². The number of hydrogen-bond donors (Lipinski definition) is 1. The second-order valence-corrected chi connectivity index (χ2v) is 5.20. The summed E-state index contributed by atoms with van der Waals surface area (Å²) in [4.78, 5) is 0.775. The Morgan fingerprint density at radius 3 is 2.94 bits per heavy atom. The molecule has 0 spiro atoms. The van der Waals surface area contributed by atoms with Crippen molar-refractivity contribution in [1.29, 1.82) is 0 Å². The quantitative estimate of drug-likeness (QED) is 0.549. The van der Waals surface area contributed by atoms with Crippen molar-refractivity contribution in [3.63, 3.8) is 0 Å². The first-order valence-electron chi connectivity index (χ1n) is 6.39. The number of rotatable bonds is 9. The third-order valence-electron chi connectivity index (χ3n) is 2.53. The van der Waals surface area contributed by atoms with Gasteiger partial charge in [-0.05, 0) is 31.0 Å². The van der Waals surface area contributed by atoms with Crippen molar-refractivity contribution >= 4 is 11.8 Å². The summed E-state index contributed by atoms with van der Waals surface area (Å²) in [7, 11) is 1.69. The molecule has 0 atom stereocenters. The molecule has 2 nitrogen and oxygen atoms in total. The van der Waals surface area contributed by atoms with Crippen LogP contribution in [0.4, 0.5) is 4.39 Å². The molecule has 102 valence electrons. The summed E-state index contributed by atoms with van der Waals surface area (Å²) in [5.41, 5.74) is 1.05. The normalized spacial score (nSPS) is 10.8. The van der Waals surface area contributed by atoms with E-state index >= 15 is 0 Å². The first kappa shape index (κ1) is 15.5. The van der Waals surface area contributed by atoms with Crippen molar-refractivity contribution in [2.75, 3.05) is 26.0 Å². The monoisotopic (exact) mass is 271 g/mol. The second-order valence-electron chi connectivity index (χ2n) is 4.10. The molecule has 1 rings (SSSR count). The SMILES string of the molecule is CCCNCc1cccc(F)c1SCCCOC. The molecule has 0 bridgehead atoms. The zero-order valence-corrected chi connectivity index (χ0v) is 12.0. The van der Waals surface area contributed by atoms with Gasteiger partial charge in [-0.2, -0.15) is 0 Å². The highest BCUT2D eigenvalue weighted by atomic mass is 32.2. The lowest BCUT2D eigenvalue weighted by Gasteiger charge is -2.11. The molecule has 0 heterocycles. The number of ether oxygens (including phenoxy) is 1. The van der Waals surface area contributed by atoms with Gasteiger partial charge in [0.25, 0.3) is 0 Å². The smallest absolute Gasteiger partial charge is 0.137 e. The molecule has 18 heavy (non-hydrogen) atoms. The molecule has 4 heteroatoms. The number of halogens is 1. The molecule has 0 amide bonds. The summed E-state index contributed by atoms with van der Waals surface area (Å²) >= 11 is 1.58. The Morgan fingerprint density at radius 2 is 2.22 bits per heavy atom. The third kappa shape index (κ3) is 5.38. The van der Waals surface area contributed by atoms with Crippen molar-refractivity contribution in [3.8, 4) is 0 Å². The van der Waals surface area contributed by atoms with Gasteiger partial charge in [0.05, 0.1) is 0 Å². The van der Waals surface area contributed by atoms with Gasteiger partial charge < -0.3 is 10.1 Å². The molecule has 0 saturated carbocycles. The van der Waals surface area contributed by atoms with Gasteiger partial charge in [0.15, 0.2) is 0 Å². The van der Waals surface area contributed by atoms with Crippen molar-refractivity contribution < 1.29 is 9.13 Å². The van der Waals surface area contributed by atoms with Crippen LogP contribution in [0.1, 0.15) is 25.3 Å². The Balaban J connectivity index is 2.56. The number of methoxy groups -OCH3 is 1. The van der Waals surface area contributed by atoms with Gasteiger partial charge in [-0.1, -0.05) is 19.1 Å². The second kappa shape index (κ2) is 9.36. The van der Waals surface area contributed by atoms with E-state index in [1.54, 1.807) is 24.9 Å². The van der Waals surface area contributed by atoms with Crippen LogP contribution >= 0.6 is 11.8 Å². The van der Waals surface area contributed by atoms with Gasteiger partial charge in [-0.3, -0.25) is 0 Å². The highest BCUT2D eigenvalue weighted by Crippen LogP contribution is 2.26. The predicted octanol–water partition coefficient (Wildman–Crippen LogP) is 3.45. The average molecular weight is 271 g/mol. The minimum absolute atomic E-state index is 0.117. The van der Waals surface area contributed by atoms with E-state index in [2.05, 4.69) is 12.2 Å². The molecular weight excluding hydrogens is 249 g/mol. The molecule has 0 aliphatic rings. The van der Waals surface area contributed by atoms with Crippen molar-refractivity contribution in [3.05, 3.63) is 29.6 Å². The summed E-state index contributed by atoms with van der Waals surface area (Å²) in [6.45, 7) is 4.55. The van der Waals surface area contributed by atoms with Crippen LogP contribution in [0.2, 0.25) is 0 Å². The third-order valence-corrected chi connectivity index (χ3v) is 3.77. The average Bonchev–Trinajstić information content (AvgIpc) is 2.37. The molecule has 0 aliphatic heterocycles. The van der Waals surface area contributed by atoms with Crippen molar-refractivity contribution in [2.45, 2.75) is 31.2 Å². The van der Waals surface area contributed by atoms with Gasteiger partial charge >= 0.3 is 0 Å². The minimum atomic E-state index is -0.117. The highest BCUT2D eigenvalue weighted by Gasteiger charge is 2.08. The van der Waals surface area contributed by atoms with Crippen LogP contribution in [0.3, 0.4) is 0 Å². The summed E-state index contributed by atoms with van der Waals surface area (Å²) in [6, 6.07) is 5.30. The van der Waals surface area contributed by atoms with Crippen molar-refractivity contribution in [2.24, 2.45) is 0 Å². The molecule has 0 aromatic heterocycles. The van der Waals surface area contributed by atoms with Crippen LogP contribution in [0, 0.1) is 5.82 Å². The first-order valence-corrected chi connectivity index (χ1v) is 7.38. The largest absolute Gasteiger partial charge is 0.385 e. The predicted molar refractivity (Wildman–Crippen MR) is 75.6 cm³/mol. The van der Waals surface area contributed by atoms with Crippen LogP contribution < -0.4 is 5.32 Å². The lowest BCUT2D eigenvalue weighted by atomic mass is 10.2. The molecule has 0 fully saturated rings. The molecule has 0 aliphatic carbocycles. The number of benzene rings is 1. The van der Waals surface area contributed by atoms with Crippen molar-refractivity contribution in [1.82, 2.24) is 5.32 Å². The molecule has 1 aromatic carbocycles. The van der Waals surface area contributed by atoms with E-state index in [0.29, 0.717) is 0 Å². The van der Waals surface area contributed by atoms with E-state index in [9.17, 15) is 4.39 Å². The standard InChI is InChI=1S/C14H22FNOS/c1-3-8-16-11-12-6-4-7-13(15)14(12)18-10-5-9-17-2/h4,6-7,16H,3,5,8-11H2,1-2H3. The fourth-order valence-electron chi connectivity index (χ4n) is 1.63. The van der Waals surface area contributed by atoms with Gasteiger partial charge in [-0.15, -0.1) is 11.8 Å². The van der Waals surface area contributed by atoms with Crippen LogP contribution in [0.15, 0.2) is 23.1 Å². The maximum absolute atomic E-state index is 13.8. The zero-order valence-electron chi connectivity index (χ0n) is 11.2. The highest BCUT2D eigenvalue weighted by molar-refractivity contribution is 7.99. The summed E-state index contributed by atoms with van der Waals surface area (Å²) in [6.07, 6.45) is 2.03. The molecule has 0 unspecified atom stereocenters. The Kier molecular flexibility index (Phi) is 8.05. The summed E-state index contributed by atoms with van der Waals surface area (Å²) < 4.78 is 18.8. The van der Waals surface area contributed by atoms with Gasteiger partial charge in [0, 0.05) is 30.9 Å². The van der Waals surface area contributed by atoms with Gasteiger partial charge in [0.1, 0.15) is 5.82 Å². The number of hydrogen-bond acceptors (Lipinski definition) is 3. The Hall–Kier alpha value is -0.580. The van der Waals surface area contributed by atoms with E-state index in [1.165, 1.54) is 6.07 Å². The minimum Gasteiger partial charge on any atom is -0.385 e. The number of thioether (sulfide) groups is 1. The molecular formula is C14H22FNOS. The zero-order chi connectivity index (χ0) is 13.2. The Bertz CT molecular complexity index is 347. The van der Waals surface area contributed by atoms with Crippen LogP contribution in [-0.2, 0) is 11.3 Å². The summed E-state index contributed by atoms with van der Waals surface area (Å²) in [5, 5.41) is 3.32. The van der Waals surface area contributed by atoms with Gasteiger partial charge in [0.2, 0.25) is 0 Å². The fourth-order valence-corrected chi connectivity index (χ4v) is 2.63. The molecule has 0 saturated heterocycles. The van der Waals surface area contributed by atoms with E-state index in [4.69, 9.17) is 4.74 Å². The Morgan fingerprint density at radius 1 is 1.39 bits per heavy atom. The van der Waals surface area contributed by atoms with E-state index in [-0.39, 0.29) is 5.82 Å². The fraction of sp³-hybridized carbons (Fsp3) is 0.571. The van der Waals surface area contributed by atoms with Gasteiger partial charge in [-0.25, -0.2) is 4.39 Å². The van der Waals surface area contributed by atoms with E-state index < -0.39 is 0 Å². The van der Waals surface area contributed by atoms with Crippen LogP contribution in [0.5, 0.6) is 0 Å². The molecule has 0 radical (unpaired) electrons.